The highest BCUT2D eigenvalue weighted by atomic mass is 16.9. The Kier molecular flexibility index (Phi) is 6.15. The van der Waals surface area contributed by atoms with Gasteiger partial charge in [0.25, 0.3) is 5.09 Å². The van der Waals surface area contributed by atoms with E-state index in [1.165, 1.54) is 16.7 Å². The predicted octanol–water partition coefficient (Wildman–Crippen LogP) is 6.42. The molecule has 1 aliphatic rings. The average molecular weight is 398 g/mol. The Morgan fingerprint density at radius 2 is 1.76 bits per heavy atom. The number of ether oxygens (including phenoxy) is 1. The van der Waals surface area contributed by atoms with Crippen molar-refractivity contribution >= 4 is 0 Å². The quantitative estimate of drug-likeness (QED) is 0.278. The fourth-order valence-electron chi connectivity index (χ4n) is 4.13. The molecule has 0 spiro atoms. The van der Waals surface area contributed by atoms with Gasteiger partial charge in [0.15, 0.2) is 0 Å². The zero-order valence-electron chi connectivity index (χ0n) is 17.9. The van der Waals surface area contributed by atoms with Crippen molar-refractivity contribution < 1.29 is 14.7 Å². The van der Waals surface area contributed by atoms with Crippen molar-refractivity contribution in [2.45, 2.75) is 70.8 Å². The van der Waals surface area contributed by atoms with Crippen LogP contribution >= 0.6 is 0 Å². The largest absolute Gasteiger partial charge is 0.482 e. The Morgan fingerprint density at radius 3 is 2.52 bits per heavy atom. The van der Waals surface area contributed by atoms with E-state index in [4.69, 9.17) is 4.74 Å². The summed E-state index contributed by atoms with van der Waals surface area (Å²) in [6, 6.07) is 15.1. The third-order valence-corrected chi connectivity index (χ3v) is 5.89. The summed E-state index contributed by atoms with van der Waals surface area (Å²) in [6.45, 7) is 8.97. The van der Waals surface area contributed by atoms with Crippen molar-refractivity contribution in [1.82, 2.24) is 0 Å². The number of nitrogens with zero attached hydrogens (tertiary/aromatic N) is 1. The molecule has 0 amide bonds. The number of fused-ring (bicyclic) bond motifs is 3. The third kappa shape index (κ3) is 4.89. The van der Waals surface area contributed by atoms with Crippen molar-refractivity contribution in [3.63, 3.8) is 0 Å². The molecule has 0 fully saturated rings. The number of hydrogen-bond donors (Lipinski definition) is 0. The minimum Gasteiger partial charge on any atom is -0.482 e. The van der Waals surface area contributed by atoms with Crippen LogP contribution in [0.4, 0.5) is 0 Å². The van der Waals surface area contributed by atoms with Gasteiger partial charge in [0, 0.05) is 11.1 Å². The lowest BCUT2D eigenvalue weighted by molar-refractivity contribution is -0.757. The molecule has 0 saturated heterocycles. The van der Waals surface area contributed by atoms with E-state index < -0.39 is 5.09 Å². The summed E-state index contributed by atoms with van der Waals surface area (Å²) in [4.78, 5) is 14.5. The fraction of sp³-hybridized carbons (Fsp3) is 0.500. The Morgan fingerprint density at radius 1 is 1.03 bits per heavy atom. The van der Waals surface area contributed by atoms with Gasteiger partial charge in [-0.25, -0.2) is 0 Å². The molecule has 5 heteroatoms. The van der Waals surface area contributed by atoms with Gasteiger partial charge in [-0.05, 0) is 49.3 Å². The van der Waals surface area contributed by atoms with Crippen molar-refractivity contribution in [2.75, 3.05) is 6.61 Å². The highest BCUT2D eigenvalue weighted by Crippen LogP contribution is 2.46. The molecule has 0 unspecified atom stereocenters. The number of unbranched alkanes of at least 4 members (excludes halogenated alkanes) is 3. The van der Waals surface area contributed by atoms with E-state index in [2.05, 4.69) is 75.0 Å². The molecule has 0 aromatic heterocycles. The van der Waals surface area contributed by atoms with Crippen LogP contribution in [0.1, 0.15) is 70.9 Å². The van der Waals surface area contributed by atoms with Crippen molar-refractivity contribution in [1.29, 1.82) is 0 Å². The van der Waals surface area contributed by atoms with Gasteiger partial charge >= 0.3 is 0 Å². The monoisotopic (exact) mass is 397 g/mol. The zero-order chi connectivity index (χ0) is 21.1. The van der Waals surface area contributed by atoms with Gasteiger partial charge in [-0.3, -0.25) is 0 Å². The van der Waals surface area contributed by atoms with Gasteiger partial charge < -0.3 is 9.57 Å². The van der Waals surface area contributed by atoms with Gasteiger partial charge in [-0.1, -0.05) is 69.5 Å². The van der Waals surface area contributed by atoms with Crippen LogP contribution in [0.2, 0.25) is 0 Å². The topological polar surface area (TPSA) is 61.6 Å². The highest BCUT2D eigenvalue weighted by Gasteiger charge is 2.33. The lowest BCUT2D eigenvalue weighted by Crippen LogP contribution is -2.29. The van der Waals surface area contributed by atoms with E-state index in [0.717, 1.165) is 43.4 Å². The summed E-state index contributed by atoms with van der Waals surface area (Å²) in [5.74, 6) is 0.955. The Bertz CT molecular complexity index is 873. The smallest absolute Gasteiger partial charge is 0.294 e. The molecule has 29 heavy (non-hydrogen) atoms. The Balaban J connectivity index is 1.66. The maximum absolute atomic E-state index is 10.2. The first-order valence-corrected chi connectivity index (χ1v) is 10.4. The summed E-state index contributed by atoms with van der Waals surface area (Å²) >= 11 is 0. The van der Waals surface area contributed by atoms with Crippen LogP contribution in [-0.2, 0) is 15.9 Å². The third-order valence-electron chi connectivity index (χ3n) is 5.89. The summed E-state index contributed by atoms with van der Waals surface area (Å²) in [6.07, 6.45) is 4.86. The Labute approximate surface area is 173 Å². The van der Waals surface area contributed by atoms with Crippen LogP contribution < -0.4 is 4.74 Å². The average Bonchev–Trinajstić information content (AvgIpc) is 2.66. The first-order chi connectivity index (χ1) is 13.7. The molecule has 0 saturated carbocycles. The summed E-state index contributed by atoms with van der Waals surface area (Å²) in [7, 11) is 0. The second-order valence-corrected chi connectivity index (χ2v) is 8.97. The van der Waals surface area contributed by atoms with Crippen LogP contribution in [0.15, 0.2) is 42.5 Å². The van der Waals surface area contributed by atoms with Crippen LogP contribution in [0.5, 0.6) is 5.75 Å². The molecule has 0 N–H and O–H groups in total. The minimum absolute atomic E-state index is 0.0385. The van der Waals surface area contributed by atoms with Crippen molar-refractivity contribution in [2.24, 2.45) is 0 Å². The standard InChI is InChI=1S/C24H31NO4/c1-23(2,15-9-5-6-10-16-28-25(26)27)18-13-14-20-19-11-7-8-12-21(19)24(3,4)29-22(20)17-18/h7-8,11-14,17H,5-6,9-10,15-16H2,1-4H3. The summed E-state index contributed by atoms with van der Waals surface area (Å²) < 4.78 is 6.40. The Hall–Kier alpha value is -2.56. The second kappa shape index (κ2) is 8.44. The van der Waals surface area contributed by atoms with Crippen molar-refractivity contribution in [3.8, 4) is 16.9 Å². The summed E-state index contributed by atoms with van der Waals surface area (Å²) in [5.41, 5.74) is 4.60. The predicted molar refractivity (Wildman–Crippen MR) is 115 cm³/mol. The number of benzene rings is 2. The lowest BCUT2D eigenvalue weighted by Gasteiger charge is -2.36. The van der Waals surface area contributed by atoms with Crippen LogP contribution in [-0.4, -0.2) is 11.7 Å². The molecule has 1 aliphatic heterocycles. The van der Waals surface area contributed by atoms with Gasteiger partial charge in [0.2, 0.25) is 0 Å². The SMILES string of the molecule is CC(C)(CCCCCCO[N+](=O)[O-])c1ccc2c(c1)OC(C)(C)c1ccccc1-2. The van der Waals surface area contributed by atoms with Gasteiger partial charge in [0.05, 0.1) is 6.61 Å². The normalized spacial score (nSPS) is 14.5. The molecule has 0 radical (unpaired) electrons. The molecular formula is C24H31NO4. The zero-order valence-corrected chi connectivity index (χ0v) is 17.9. The molecule has 3 rings (SSSR count). The molecule has 5 nitrogen and oxygen atoms in total. The van der Waals surface area contributed by atoms with E-state index in [0.29, 0.717) is 0 Å². The number of hydrogen-bond acceptors (Lipinski definition) is 4. The molecule has 156 valence electrons. The maximum Gasteiger partial charge on any atom is 0.294 e. The van der Waals surface area contributed by atoms with E-state index in [9.17, 15) is 10.1 Å². The molecule has 1 heterocycles. The van der Waals surface area contributed by atoms with E-state index in [-0.39, 0.29) is 17.6 Å². The van der Waals surface area contributed by atoms with Gasteiger partial charge in [-0.2, -0.15) is 0 Å². The first-order valence-electron chi connectivity index (χ1n) is 10.4. The molecule has 0 atom stereocenters. The molecule has 2 aromatic rings. The number of rotatable bonds is 9. The second-order valence-electron chi connectivity index (χ2n) is 8.97. The van der Waals surface area contributed by atoms with E-state index in [1.54, 1.807) is 0 Å². The molecule has 0 bridgehead atoms. The minimum atomic E-state index is -0.721. The van der Waals surface area contributed by atoms with E-state index in [1.807, 2.05) is 0 Å². The van der Waals surface area contributed by atoms with Crippen LogP contribution in [0.25, 0.3) is 11.1 Å². The fourth-order valence-corrected chi connectivity index (χ4v) is 4.13. The van der Waals surface area contributed by atoms with Crippen molar-refractivity contribution in [3.05, 3.63) is 63.7 Å². The maximum atomic E-state index is 10.2. The molecule has 0 aliphatic carbocycles. The van der Waals surface area contributed by atoms with Gasteiger partial charge in [-0.15, -0.1) is 10.1 Å². The van der Waals surface area contributed by atoms with Gasteiger partial charge in [0.1, 0.15) is 11.4 Å². The molecule has 2 aromatic carbocycles. The molecular weight excluding hydrogens is 366 g/mol. The summed E-state index contributed by atoms with van der Waals surface area (Å²) in [5, 5.41) is 9.44. The first kappa shape index (κ1) is 21.2. The van der Waals surface area contributed by atoms with Crippen LogP contribution in [0.3, 0.4) is 0 Å². The van der Waals surface area contributed by atoms with E-state index >= 15 is 0 Å². The lowest BCUT2D eigenvalue weighted by atomic mass is 9.78. The van der Waals surface area contributed by atoms with Crippen LogP contribution in [0, 0.1) is 10.1 Å². The highest BCUT2D eigenvalue weighted by molar-refractivity contribution is 5.77.